The lowest BCUT2D eigenvalue weighted by Crippen LogP contribution is -2.25. The molecule has 0 bridgehead atoms. The summed E-state index contributed by atoms with van der Waals surface area (Å²) >= 11 is 0. The molecule has 2 aromatic rings. The third-order valence-electron chi connectivity index (χ3n) is 2.25. The van der Waals surface area contributed by atoms with Crippen molar-refractivity contribution in [3.05, 3.63) is 63.8 Å². The highest BCUT2D eigenvalue weighted by molar-refractivity contribution is 5.91. The van der Waals surface area contributed by atoms with E-state index in [0.29, 0.717) is 5.56 Å². The Morgan fingerprint density at radius 2 is 2.17 bits per heavy atom. The lowest BCUT2D eigenvalue weighted by molar-refractivity contribution is 0.0944. The Balaban J connectivity index is 2.00. The maximum atomic E-state index is 12.9. The van der Waals surface area contributed by atoms with Crippen molar-refractivity contribution >= 4 is 5.91 Å². The third kappa shape index (κ3) is 3.00. The van der Waals surface area contributed by atoms with Gasteiger partial charge in [0.05, 0.1) is 0 Å². The van der Waals surface area contributed by atoms with E-state index >= 15 is 0 Å². The molecule has 0 radical (unpaired) electrons. The fourth-order valence-corrected chi connectivity index (χ4v) is 1.39. The van der Waals surface area contributed by atoms with Crippen LogP contribution in [0.15, 0.2) is 41.2 Å². The second-order valence-corrected chi connectivity index (χ2v) is 3.62. The van der Waals surface area contributed by atoms with Crippen LogP contribution in [-0.4, -0.2) is 16.1 Å². The largest absolute Gasteiger partial charge is 0.347 e. The lowest BCUT2D eigenvalue weighted by Gasteiger charge is -2.04. The Hall–Kier alpha value is -2.50. The van der Waals surface area contributed by atoms with Crippen LogP contribution in [0.5, 0.6) is 0 Å². The molecule has 0 spiro atoms. The van der Waals surface area contributed by atoms with E-state index in [-0.39, 0.29) is 23.6 Å². The minimum Gasteiger partial charge on any atom is -0.347 e. The number of H-pyrrole nitrogens is 1. The number of hydrogen-bond acceptors (Lipinski definition) is 3. The van der Waals surface area contributed by atoms with E-state index in [2.05, 4.69) is 15.5 Å². The van der Waals surface area contributed by atoms with Gasteiger partial charge in [-0.1, -0.05) is 12.1 Å². The molecule has 1 heterocycles. The minimum absolute atomic E-state index is 0.103. The predicted octanol–water partition coefficient (Wildman–Crippen LogP) is 0.839. The summed E-state index contributed by atoms with van der Waals surface area (Å²) in [6, 6.07) is 8.46. The Kier molecular flexibility index (Phi) is 3.47. The summed E-state index contributed by atoms with van der Waals surface area (Å²) in [5.41, 5.74) is 0.371. The first-order chi connectivity index (χ1) is 8.65. The number of hydrogen-bond donors (Lipinski definition) is 2. The molecule has 0 saturated carbocycles. The van der Waals surface area contributed by atoms with Crippen molar-refractivity contribution in [1.29, 1.82) is 0 Å². The molecule has 0 unspecified atom stereocenters. The topological polar surface area (TPSA) is 74.8 Å². The maximum Gasteiger partial charge on any atom is 0.271 e. The highest BCUT2D eigenvalue weighted by atomic mass is 19.1. The van der Waals surface area contributed by atoms with E-state index in [0.717, 1.165) is 0 Å². The van der Waals surface area contributed by atoms with E-state index in [1.165, 1.54) is 24.3 Å². The van der Waals surface area contributed by atoms with E-state index in [9.17, 15) is 14.0 Å². The Morgan fingerprint density at radius 1 is 1.33 bits per heavy atom. The normalized spacial score (nSPS) is 10.1. The molecule has 0 aliphatic heterocycles. The smallest absolute Gasteiger partial charge is 0.271 e. The Labute approximate surface area is 102 Å². The highest BCUT2D eigenvalue weighted by Crippen LogP contribution is 2.03. The van der Waals surface area contributed by atoms with Gasteiger partial charge in [0.1, 0.15) is 11.5 Å². The van der Waals surface area contributed by atoms with Crippen LogP contribution in [0.1, 0.15) is 16.1 Å². The van der Waals surface area contributed by atoms with Gasteiger partial charge in [0.15, 0.2) is 0 Å². The van der Waals surface area contributed by atoms with Crippen molar-refractivity contribution < 1.29 is 9.18 Å². The van der Waals surface area contributed by atoms with Crippen LogP contribution in [0.3, 0.4) is 0 Å². The Morgan fingerprint density at radius 3 is 2.83 bits per heavy atom. The van der Waals surface area contributed by atoms with Crippen LogP contribution in [0.4, 0.5) is 4.39 Å². The SMILES string of the molecule is O=C(NCc1cccc(F)c1)c1ccc(=O)[nH]n1. The molecule has 1 aromatic heterocycles. The van der Waals surface area contributed by atoms with Crippen molar-refractivity contribution in [2.45, 2.75) is 6.54 Å². The molecular weight excluding hydrogens is 237 g/mol. The Bertz CT molecular complexity index is 604. The number of nitrogens with one attached hydrogen (secondary N) is 2. The number of aromatic amines is 1. The molecule has 0 aliphatic carbocycles. The quantitative estimate of drug-likeness (QED) is 0.843. The van der Waals surface area contributed by atoms with Crippen molar-refractivity contribution in [3.63, 3.8) is 0 Å². The number of carbonyl (C=O) groups excluding carboxylic acids is 1. The zero-order valence-electron chi connectivity index (χ0n) is 9.31. The number of nitrogens with zero attached hydrogens (tertiary/aromatic N) is 1. The standard InChI is InChI=1S/C12H10FN3O2/c13-9-3-1-2-8(6-9)7-14-12(18)10-4-5-11(17)16-15-10/h1-6H,7H2,(H,14,18)(H,16,17). The summed E-state index contributed by atoms with van der Waals surface area (Å²) in [5.74, 6) is -0.792. The summed E-state index contributed by atoms with van der Waals surface area (Å²) in [6.07, 6.45) is 0. The summed E-state index contributed by atoms with van der Waals surface area (Å²) in [7, 11) is 0. The van der Waals surface area contributed by atoms with Crippen molar-refractivity contribution in [3.8, 4) is 0 Å². The van der Waals surface area contributed by atoms with Crippen LogP contribution < -0.4 is 10.9 Å². The monoisotopic (exact) mass is 247 g/mol. The number of aromatic nitrogens is 2. The van der Waals surface area contributed by atoms with Gasteiger partial charge in [-0.15, -0.1) is 0 Å². The molecule has 92 valence electrons. The zero-order chi connectivity index (χ0) is 13.0. The fourth-order valence-electron chi connectivity index (χ4n) is 1.39. The van der Waals surface area contributed by atoms with Gasteiger partial charge in [0.2, 0.25) is 0 Å². The first-order valence-corrected chi connectivity index (χ1v) is 5.23. The van der Waals surface area contributed by atoms with Gasteiger partial charge in [-0.25, -0.2) is 9.49 Å². The molecular formula is C12H10FN3O2. The van der Waals surface area contributed by atoms with Crippen LogP contribution in [0.2, 0.25) is 0 Å². The van der Waals surface area contributed by atoms with E-state index in [1.54, 1.807) is 12.1 Å². The van der Waals surface area contributed by atoms with Gasteiger partial charge in [-0.05, 0) is 23.8 Å². The average Bonchev–Trinajstić information content (AvgIpc) is 2.37. The molecule has 5 nitrogen and oxygen atoms in total. The molecule has 2 N–H and O–H groups in total. The molecule has 1 amide bonds. The van der Waals surface area contributed by atoms with Crippen molar-refractivity contribution in [2.24, 2.45) is 0 Å². The second kappa shape index (κ2) is 5.22. The molecule has 0 atom stereocenters. The molecule has 0 fully saturated rings. The number of benzene rings is 1. The van der Waals surface area contributed by atoms with E-state index in [1.807, 2.05) is 0 Å². The molecule has 2 rings (SSSR count). The van der Waals surface area contributed by atoms with Crippen LogP contribution in [0.25, 0.3) is 0 Å². The summed E-state index contributed by atoms with van der Waals surface area (Å²) in [5, 5.41) is 8.32. The van der Waals surface area contributed by atoms with Gasteiger partial charge in [0.25, 0.3) is 11.5 Å². The van der Waals surface area contributed by atoms with Gasteiger partial charge in [-0.2, -0.15) is 5.10 Å². The molecule has 0 saturated heterocycles. The summed E-state index contributed by atoms with van der Waals surface area (Å²) in [6.45, 7) is 0.192. The highest BCUT2D eigenvalue weighted by Gasteiger charge is 2.06. The van der Waals surface area contributed by atoms with Gasteiger partial charge >= 0.3 is 0 Å². The van der Waals surface area contributed by atoms with Crippen molar-refractivity contribution in [2.75, 3.05) is 0 Å². The lowest BCUT2D eigenvalue weighted by atomic mass is 10.2. The first-order valence-electron chi connectivity index (χ1n) is 5.23. The minimum atomic E-state index is -0.435. The zero-order valence-corrected chi connectivity index (χ0v) is 9.31. The van der Waals surface area contributed by atoms with E-state index < -0.39 is 5.91 Å². The average molecular weight is 247 g/mol. The van der Waals surface area contributed by atoms with E-state index in [4.69, 9.17) is 0 Å². The van der Waals surface area contributed by atoms with Crippen molar-refractivity contribution in [1.82, 2.24) is 15.5 Å². The second-order valence-electron chi connectivity index (χ2n) is 3.62. The van der Waals surface area contributed by atoms with Crippen LogP contribution in [0, 0.1) is 5.82 Å². The number of halogens is 1. The first kappa shape index (κ1) is 12.0. The van der Waals surface area contributed by atoms with Crippen LogP contribution >= 0.6 is 0 Å². The predicted molar refractivity (Wildman–Crippen MR) is 62.4 cm³/mol. The van der Waals surface area contributed by atoms with Crippen LogP contribution in [-0.2, 0) is 6.54 Å². The van der Waals surface area contributed by atoms with Gasteiger partial charge in [-0.3, -0.25) is 9.59 Å². The summed E-state index contributed by atoms with van der Waals surface area (Å²) in [4.78, 5) is 22.4. The van der Waals surface area contributed by atoms with Gasteiger partial charge < -0.3 is 5.32 Å². The molecule has 18 heavy (non-hydrogen) atoms. The number of amides is 1. The number of carbonyl (C=O) groups is 1. The molecule has 6 heteroatoms. The molecule has 1 aromatic carbocycles. The van der Waals surface area contributed by atoms with Gasteiger partial charge in [0, 0.05) is 12.6 Å². The molecule has 0 aliphatic rings. The summed E-state index contributed by atoms with van der Waals surface area (Å²) < 4.78 is 12.9. The fraction of sp³-hybridized carbons (Fsp3) is 0.0833. The number of rotatable bonds is 3. The third-order valence-corrected chi connectivity index (χ3v) is 2.25. The maximum absolute atomic E-state index is 12.9.